The van der Waals surface area contributed by atoms with Crippen LogP contribution in [0, 0.1) is 18.0 Å². The highest BCUT2D eigenvalue weighted by molar-refractivity contribution is 7.73. The number of hydrogen-bond donors (Lipinski definition) is 2. The quantitative estimate of drug-likeness (QED) is 0.282. The van der Waals surface area contributed by atoms with Gasteiger partial charge in [-0.2, -0.15) is 0 Å². The second kappa shape index (κ2) is 7.60. The van der Waals surface area contributed by atoms with Crippen LogP contribution >= 0.6 is 47.1 Å². The number of aliphatic imine (C=N–C) groups is 2. The van der Waals surface area contributed by atoms with E-state index in [1.165, 1.54) is 47.2 Å². The number of H-pyrrole nitrogens is 2. The molecule has 1 aromatic carbocycles. The number of aromatic amines is 2. The monoisotopic (exact) mass is 409 g/mol. The van der Waals surface area contributed by atoms with Crippen LogP contribution < -0.4 is 0 Å². The molecule has 0 spiro atoms. The summed E-state index contributed by atoms with van der Waals surface area (Å²) in [6.07, 6.45) is 2.95. The van der Waals surface area contributed by atoms with Crippen LogP contribution in [0.3, 0.4) is 0 Å². The molecule has 126 valence electrons. The Bertz CT molecular complexity index is 1010. The van der Waals surface area contributed by atoms with Gasteiger partial charge in [0.25, 0.3) is 5.69 Å². The molecule has 2 heterocycles. The fraction of sp³-hybridized carbons (Fsp3) is 0. The van der Waals surface area contributed by atoms with Crippen LogP contribution in [0.2, 0.25) is 0 Å². The summed E-state index contributed by atoms with van der Waals surface area (Å²) < 4.78 is 1.00. The fourth-order valence-corrected chi connectivity index (χ4v) is 3.17. The van der Waals surface area contributed by atoms with E-state index in [0.717, 1.165) is 0 Å². The zero-order valence-electron chi connectivity index (χ0n) is 12.1. The van der Waals surface area contributed by atoms with Gasteiger partial charge in [0.15, 0.2) is 7.91 Å². The fourth-order valence-electron chi connectivity index (χ4n) is 1.73. The molecule has 0 radical (unpaired) electrons. The third kappa shape index (κ3) is 4.76. The zero-order valence-corrected chi connectivity index (χ0v) is 15.3. The van der Waals surface area contributed by atoms with Crippen molar-refractivity contribution in [1.29, 1.82) is 0 Å². The lowest BCUT2D eigenvalue weighted by atomic mass is 10.1. The van der Waals surface area contributed by atoms with Crippen molar-refractivity contribution >= 4 is 75.5 Å². The van der Waals surface area contributed by atoms with Crippen molar-refractivity contribution in [2.75, 3.05) is 0 Å². The Hall–Kier alpha value is -2.48. The van der Waals surface area contributed by atoms with E-state index < -0.39 is 4.92 Å². The molecule has 0 unspecified atom stereocenters. The van der Waals surface area contributed by atoms with Crippen LogP contribution in [0.4, 0.5) is 16.0 Å². The number of nitrogens with zero attached hydrogens (tertiary/aromatic N) is 5. The highest BCUT2D eigenvalue weighted by atomic mass is 32.2. The first-order valence-corrected chi connectivity index (χ1v) is 8.93. The Morgan fingerprint density at radius 1 is 1.00 bits per heavy atom. The lowest BCUT2D eigenvalue weighted by Gasteiger charge is -1.98. The molecule has 0 aliphatic heterocycles. The van der Waals surface area contributed by atoms with Gasteiger partial charge in [-0.05, 0) is 30.5 Å². The average molecular weight is 410 g/mol. The number of benzene rings is 1. The summed E-state index contributed by atoms with van der Waals surface area (Å²) in [7, 11) is 0. The van der Waals surface area contributed by atoms with Gasteiger partial charge in [-0.3, -0.25) is 20.3 Å². The topological polar surface area (TPSA) is 125 Å². The Labute approximate surface area is 158 Å². The van der Waals surface area contributed by atoms with Crippen LogP contribution in [0.15, 0.2) is 28.2 Å². The summed E-state index contributed by atoms with van der Waals surface area (Å²) in [5, 5.41) is 25.0. The normalized spacial score (nSPS) is 11.5. The van der Waals surface area contributed by atoms with E-state index in [0.29, 0.717) is 29.3 Å². The minimum Gasteiger partial charge on any atom is -0.258 e. The van der Waals surface area contributed by atoms with Gasteiger partial charge in [0.05, 0.1) is 4.92 Å². The number of nitro groups is 1. The molecule has 3 aromatic rings. The van der Waals surface area contributed by atoms with Crippen molar-refractivity contribution in [1.82, 2.24) is 20.4 Å². The molecule has 13 heteroatoms. The maximum Gasteiger partial charge on any atom is 0.270 e. The van der Waals surface area contributed by atoms with E-state index in [2.05, 4.69) is 30.4 Å². The largest absolute Gasteiger partial charge is 0.270 e. The predicted octanol–water partition coefficient (Wildman–Crippen LogP) is 4.12. The number of hydrogen-bond acceptors (Lipinski definition) is 10. The van der Waals surface area contributed by atoms with Crippen LogP contribution in [0.25, 0.3) is 0 Å². The van der Waals surface area contributed by atoms with E-state index >= 15 is 0 Å². The van der Waals surface area contributed by atoms with Crippen molar-refractivity contribution in [2.45, 2.75) is 0 Å². The summed E-state index contributed by atoms with van der Waals surface area (Å²) in [6.45, 7) is 0. The third-order valence-corrected chi connectivity index (χ3v) is 4.67. The maximum atomic E-state index is 11.1. The summed E-state index contributed by atoms with van der Waals surface area (Å²) in [5.74, 6) is 0. The standard InChI is InChI=1S/C12H7N7O2S4/c20-19(21)8-2-6(4-13-9-15-17-11(22)24-9)1-7(3-8)5-14-10-16-18-12(23)25-10/h1-5H,(H,17,22)(H,18,23)/b13-4+,14-5+. The molecular formula is C12H7N7O2S4. The first-order valence-electron chi connectivity index (χ1n) is 6.48. The average Bonchev–Trinajstić information content (AvgIpc) is 3.19. The van der Waals surface area contributed by atoms with E-state index in [1.807, 2.05) is 0 Å². The Morgan fingerprint density at radius 3 is 1.84 bits per heavy atom. The SMILES string of the molecule is O=[N+]([O-])c1cc(/C=N/c2n[nH]c(=S)s2)cc(/C=N/c2n[nH]c(=S)s2)c1. The maximum absolute atomic E-state index is 11.1. The van der Waals surface area contributed by atoms with Gasteiger partial charge in [0.2, 0.25) is 10.3 Å². The molecule has 9 nitrogen and oxygen atoms in total. The third-order valence-electron chi connectivity index (χ3n) is 2.68. The molecular weight excluding hydrogens is 402 g/mol. The molecule has 3 rings (SSSR count). The minimum absolute atomic E-state index is 0.0743. The van der Waals surface area contributed by atoms with Crippen molar-refractivity contribution in [3.05, 3.63) is 47.3 Å². The Kier molecular flexibility index (Phi) is 5.28. The van der Waals surface area contributed by atoms with Gasteiger partial charge < -0.3 is 0 Å². The number of aromatic nitrogens is 4. The van der Waals surface area contributed by atoms with E-state index in [-0.39, 0.29) is 5.69 Å². The van der Waals surface area contributed by atoms with Crippen LogP contribution in [0.1, 0.15) is 11.1 Å². The van der Waals surface area contributed by atoms with E-state index in [1.54, 1.807) is 6.07 Å². The number of nitrogens with one attached hydrogen (secondary N) is 2. The molecule has 0 fully saturated rings. The number of nitro benzene ring substituents is 1. The first kappa shape index (κ1) is 17.3. The smallest absolute Gasteiger partial charge is 0.258 e. The summed E-state index contributed by atoms with van der Waals surface area (Å²) >= 11 is 12.3. The molecule has 0 aliphatic rings. The van der Waals surface area contributed by atoms with Gasteiger partial charge in [0, 0.05) is 35.7 Å². The lowest BCUT2D eigenvalue weighted by molar-refractivity contribution is -0.384. The molecule has 0 saturated heterocycles. The van der Waals surface area contributed by atoms with E-state index in [4.69, 9.17) is 24.4 Å². The van der Waals surface area contributed by atoms with Gasteiger partial charge in [-0.15, -0.1) is 10.2 Å². The van der Waals surface area contributed by atoms with Crippen molar-refractivity contribution in [3.63, 3.8) is 0 Å². The van der Waals surface area contributed by atoms with Crippen molar-refractivity contribution < 1.29 is 4.92 Å². The van der Waals surface area contributed by atoms with Crippen molar-refractivity contribution in [3.8, 4) is 0 Å². The predicted molar refractivity (Wildman–Crippen MR) is 102 cm³/mol. The van der Waals surface area contributed by atoms with Gasteiger partial charge in [-0.1, -0.05) is 22.7 Å². The summed E-state index contributed by atoms with van der Waals surface area (Å²) in [6, 6.07) is 4.52. The second-order valence-corrected chi connectivity index (χ2v) is 7.71. The summed E-state index contributed by atoms with van der Waals surface area (Å²) in [4.78, 5) is 18.9. The van der Waals surface area contributed by atoms with Crippen molar-refractivity contribution in [2.24, 2.45) is 9.98 Å². The van der Waals surface area contributed by atoms with Gasteiger partial charge in [-0.25, -0.2) is 9.98 Å². The van der Waals surface area contributed by atoms with Crippen LogP contribution in [0.5, 0.6) is 0 Å². The molecule has 0 bridgehead atoms. The summed E-state index contributed by atoms with van der Waals surface area (Å²) in [5.41, 5.74) is 0.993. The second-order valence-electron chi connectivity index (χ2n) is 4.42. The molecule has 0 amide bonds. The molecule has 0 aliphatic carbocycles. The number of rotatable bonds is 5. The highest BCUT2D eigenvalue weighted by Gasteiger charge is 2.08. The highest BCUT2D eigenvalue weighted by Crippen LogP contribution is 2.19. The van der Waals surface area contributed by atoms with Gasteiger partial charge in [0.1, 0.15) is 0 Å². The Balaban J connectivity index is 1.92. The number of non-ortho nitro benzene ring substituents is 1. The lowest BCUT2D eigenvalue weighted by Crippen LogP contribution is -1.93. The Morgan fingerprint density at radius 2 is 1.48 bits per heavy atom. The first-order chi connectivity index (χ1) is 12.0. The van der Waals surface area contributed by atoms with Crippen LogP contribution in [-0.4, -0.2) is 37.7 Å². The molecule has 2 N–H and O–H groups in total. The van der Waals surface area contributed by atoms with Crippen LogP contribution in [-0.2, 0) is 0 Å². The molecule has 0 atom stereocenters. The zero-order chi connectivity index (χ0) is 17.8. The van der Waals surface area contributed by atoms with E-state index in [9.17, 15) is 10.1 Å². The minimum atomic E-state index is -0.480. The molecule has 0 saturated carbocycles. The molecule has 2 aromatic heterocycles. The molecule has 25 heavy (non-hydrogen) atoms. The van der Waals surface area contributed by atoms with Gasteiger partial charge >= 0.3 is 0 Å².